The first-order valence-electron chi connectivity index (χ1n) is 14.2. The van der Waals surface area contributed by atoms with Gasteiger partial charge in [0.1, 0.15) is 34.1 Å². The SMILES string of the molecule is C#Cc1c(F)ccc2cc(O)cc(-c3ncc4c(N5CCOCC5)nc(OC(O)(O)C56CCCN5CCC6)nc4c3F)c12. The Hall–Kier alpha value is -4.15. The molecule has 7 rings (SSSR count). The molecule has 3 aliphatic heterocycles. The second-order valence-electron chi connectivity index (χ2n) is 11.2. The molecule has 222 valence electrons. The molecule has 4 aromatic rings. The molecule has 3 saturated heterocycles. The number of phenols is 1. The molecule has 0 radical (unpaired) electrons. The lowest BCUT2D eigenvalue weighted by Crippen LogP contribution is -2.62. The quantitative estimate of drug-likeness (QED) is 0.236. The third kappa shape index (κ3) is 4.34. The molecule has 0 bridgehead atoms. The Labute approximate surface area is 245 Å². The molecule has 0 saturated carbocycles. The Balaban J connectivity index is 1.42. The number of nitrogens with zero attached hydrogens (tertiary/aromatic N) is 5. The summed E-state index contributed by atoms with van der Waals surface area (Å²) in [5, 5.41) is 34.0. The van der Waals surface area contributed by atoms with Crippen molar-refractivity contribution >= 4 is 27.5 Å². The Morgan fingerprint density at radius 3 is 2.51 bits per heavy atom. The number of pyridine rings is 1. The summed E-state index contributed by atoms with van der Waals surface area (Å²) in [6.07, 6.45) is 9.63. The summed E-state index contributed by atoms with van der Waals surface area (Å²) in [5.74, 6) is -1.79. The van der Waals surface area contributed by atoms with Gasteiger partial charge in [-0.05, 0) is 62.4 Å². The number of rotatable bonds is 5. The minimum atomic E-state index is -2.64. The first kappa shape index (κ1) is 27.7. The molecule has 3 N–H and O–H groups in total. The molecule has 2 aromatic heterocycles. The number of morpholine rings is 1. The van der Waals surface area contributed by atoms with Crippen LogP contribution in [0.1, 0.15) is 31.2 Å². The molecule has 0 amide bonds. The first-order chi connectivity index (χ1) is 20.7. The number of ether oxygens (including phenoxy) is 2. The fourth-order valence-electron chi connectivity index (χ4n) is 6.88. The molecule has 5 heterocycles. The fraction of sp³-hybridized carbons (Fsp3) is 0.387. The van der Waals surface area contributed by atoms with E-state index in [1.807, 2.05) is 9.80 Å². The van der Waals surface area contributed by atoms with E-state index in [1.54, 1.807) is 0 Å². The van der Waals surface area contributed by atoms with Crippen LogP contribution < -0.4 is 9.64 Å². The number of aromatic hydroxyl groups is 1. The zero-order valence-electron chi connectivity index (χ0n) is 23.2. The summed E-state index contributed by atoms with van der Waals surface area (Å²) >= 11 is 0. The van der Waals surface area contributed by atoms with Crippen LogP contribution in [0.25, 0.3) is 32.9 Å². The largest absolute Gasteiger partial charge is 0.508 e. The lowest BCUT2D eigenvalue weighted by atomic mass is 9.91. The number of aliphatic hydroxyl groups is 2. The van der Waals surface area contributed by atoms with E-state index in [4.69, 9.17) is 15.9 Å². The first-order valence-corrected chi connectivity index (χ1v) is 14.2. The molecule has 0 aliphatic carbocycles. The maximum atomic E-state index is 16.6. The Bertz CT molecular complexity index is 1790. The number of benzene rings is 2. The topological polar surface area (TPSA) is 124 Å². The van der Waals surface area contributed by atoms with Gasteiger partial charge in [0, 0.05) is 30.2 Å². The van der Waals surface area contributed by atoms with Crippen LogP contribution in [0.2, 0.25) is 0 Å². The van der Waals surface area contributed by atoms with E-state index >= 15 is 4.39 Å². The number of halogens is 2. The van der Waals surface area contributed by atoms with Crippen molar-refractivity contribution in [3.05, 3.63) is 47.7 Å². The second-order valence-corrected chi connectivity index (χ2v) is 11.2. The molecule has 0 unspecified atom stereocenters. The highest BCUT2D eigenvalue weighted by atomic mass is 19.1. The molecule has 0 atom stereocenters. The summed E-state index contributed by atoms with van der Waals surface area (Å²) < 4.78 is 42.6. The van der Waals surface area contributed by atoms with Gasteiger partial charge in [-0.25, -0.2) is 8.78 Å². The van der Waals surface area contributed by atoms with E-state index in [0.717, 1.165) is 12.8 Å². The minimum Gasteiger partial charge on any atom is -0.508 e. The Morgan fingerprint density at radius 1 is 1.05 bits per heavy atom. The Kier molecular flexibility index (Phi) is 6.59. The summed E-state index contributed by atoms with van der Waals surface area (Å²) in [6.45, 7) is 3.13. The van der Waals surface area contributed by atoms with Gasteiger partial charge in [-0.3, -0.25) is 9.88 Å². The van der Waals surface area contributed by atoms with Gasteiger partial charge in [0.25, 0.3) is 0 Å². The van der Waals surface area contributed by atoms with Crippen LogP contribution >= 0.6 is 0 Å². The van der Waals surface area contributed by atoms with Crippen LogP contribution in [0.15, 0.2) is 30.5 Å². The van der Waals surface area contributed by atoms with Crippen LogP contribution in [-0.4, -0.2) is 86.1 Å². The third-order valence-electron chi connectivity index (χ3n) is 8.89. The molecule has 43 heavy (non-hydrogen) atoms. The molecule has 3 fully saturated rings. The third-order valence-corrected chi connectivity index (χ3v) is 8.89. The molecule has 12 heteroatoms. The number of hydrogen-bond acceptors (Lipinski definition) is 10. The van der Waals surface area contributed by atoms with E-state index in [-0.39, 0.29) is 38.9 Å². The van der Waals surface area contributed by atoms with Crippen molar-refractivity contribution in [2.75, 3.05) is 44.3 Å². The highest BCUT2D eigenvalue weighted by Crippen LogP contribution is 2.46. The number of anilines is 1. The standard InChI is InChI=1S/C31H29F2N5O5/c1-2-20-23(32)6-5-18-15-19(39)16-21(24(18)20)26-25(33)27-22(17-34-26)28(37-11-13-42-14-12-37)36-29(35-27)43-31(40,41)30-7-3-9-38(30)10-4-8-30/h1,5-6,15-17,39-41H,3-4,7-14H2. The second kappa shape index (κ2) is 10.2. The van der Waals surface area contributed by atoms with Gasteiger partial charge in [-0.15, -0.1) is 6.42 Å². The molecular weight excluding hydrogens is 560 g/mol. The van der Waals surface area contributed by atoms with Crippen molar-refractivity contribution in [3.8, 4) is 35.4 Å². The number of phenolic OH excluding ortho intramolecular Hbond substituents is 1. The number of fused-ring (bicyclic) bond motifs is 3. The molecule has 2 aromatic carbocycles. The predicted octanol–water partition coefficient (Wildman–Crippen LogP) is 3.29. The highest BCUT2D eigenvalue weighted by molar-refractivity contribution is 6.03. The van der Waals surface area contributed by atoms with Gasteiger partial charge in [0.2, 0.25) is 0 Å². The van der Waals surface area contributed by atoms with Gasteiger partial charge in [0.05, 0.1) is 24.2 Å². The zero-order valence-corrected chi connectivity index (χ0v) is 23.2. The van der Waals surface area contributed by atoms with Crippen molar-refractivity contribution in [3.63, 3.8) is 0 Å². The smallest absolute Gasteiger partial charge is 0.343 e. The number of hydrogen-bond donors (Lipinski definition) is 3. The lowest BCUT2D eigenvalue weighted by Gasteiger charge is -2.41. The van der Waals surface area contributed by atoms with Gasteiger partial charge in [-0.2, -0.15) is 9.97 Å². The van der Waals surface area contributed by atoms with Crippen molar-refractivity contribution in [1.82, 2.24) is 19.9 Å². The molecule has 3 aliphatic rings. The molecule has 10 nitrogen and oxygen atoms in total. The minimum absolute atomic E-state index is 0.0703. The van der Waals surface area contributed by atoms with Gasteiger partial charge >= 0.3 is 12.0 Å². The fourth-order valence-corrected chi connectivity index (χ4v) is 6.88. The van der Waals surface area contributed by atoms with Crippen molar-refractivity contribution in [2.45, 2.75) is 37.2 Å². The molecule has 0 spiro atoms. The van der Waals surface area contributed by atoms with E-state index in [1.165, 1.54) is 30.5 Å². The summed E-state index contributed by atoms with van der Waals surface area (Å²) in [5.41, 5.74) is -1.49. The van der Waals surface area contributed by atoms with Crippen LogP contribution in [-0.2, 0) is 4.74 Å². The summed E-state index contributed by atoms with van der Waals surface area (Å²) in [7, 11) is 0. The lowest BCUT2D eigenvalue weighted by molar-refractivity contribution is -0.349. The van der Waals surface area contributed by atoms with E-state index in [2.05, 4.69) is 20.9 Å². The van der Waals surface area contributed by atoms with Crippen LogP contribution in [0.3, 0.4) is 0 Å². The van der Waals surface area contributed by atoms with Crippen LogP contribution in [0.4, 0.5) is 14.6 Å². The highest BCUT2D eigenvalue weighted by Gasteiger charge is 2.60. The zero-order chi connectivity index (χ0) is 29.9. The average molecular weight is 590 g/mol. The monoisotopic (exact) mass is 589 g/mol. The van der Waals surface area contributed by atoms with Gasteiger partial charge in [0.15, 0.2) is 5.82 Å². The average Bonchev–Trinajstić information content (AvgIpc) is 3.60. The normalized spacial score (nSPS) is 18.7. The maximum absolute atomic E-state index is 16.6. The van der Waals surface area contributed by atoms with Crippen molar-refractivity contribution in [1.29, 1.82) is 0 Å². The van der Waals surface area contributed by atoms with Crippen LogP contribution in [0.5, 0.6) is 11.8 Å². The van der Waals surface area contributed by atoms with Gasteiger partial charge in [-0.1, -0.05) is 12.0 Å². The van der Waals surface area contributed by atoms with E-state index in [0.29, 0.717) is 63.4 Å². The predicted molar refractivity (Wildman–Crippen MR) is 153 cm³/mol. The van der Waals surface area contributed by atoms with E-state index in [9.17, 15) is 19.7 Å². The van der Waals surface area contributed by atoms with E-state index < -0.39 is 29.2 Å². The van der Waals surface area contributed by atoms with Crippen LogP contribution in [0, 0.1) is 24.0 Å². The van der Waals surface area contributed by atoms with Crippen molar-refractivity contribution < 1.29 is 33.6 Å². The van der Waals surface area contributed by atoms with Crippen molar-refractivity contribution in [2.24, 2.45) is 0 Å². The summed E-state index contributed by atoms with van der Waals surface area (Å²) in [4.78, 5) is 17.1. The number of aromatic nitrogens is 3. The number of terminal acetylenes is 1. The van der Waals surface area contributed by atoms with Gasteiger partial charge < -0.3 is 29.7 Å². The maximum Gasteiger partial charge on any atom is 0.343 e. The summed E-state index contributed by atoms with van der Waals surface area (Å²) in [6, 6.07) is 4.87. The Morgan fingerprint density at radius 2 is 1.79 bits per heavy atom. The molecular formula is C31H29F2N5O5.